The second-order valence-electron chi connectivity index (χ2n) is 7.96. The van der Waals surface area contributed by atoms with Crippen molar-refractivity contribution in [2.45, 2.75) is 50.9 Å². The third kappa shape index (κ3) is 3.91. The Morgan fingerprint density at radius 2 is 2.07 bits per heavy atom. The van der Waals surface area contributed by atoms with Crippen LogP contribution in [0.15, 0.2) is 47.3 Å². The van der Waals surface area contributed by atoms with E-state index in [4.69, 9.17) is 4.74 Å². The first-order valence-electron chi connectivity index (χ1n) is 10.3. The predicted molar refractivity (Wildman–Crippen MR) is 115 cm³/mol. The molecule has 0 radical (unpaired) electrons. The fourth-order valence-corrected chi connectivity index (χ4v) is 4.27. The minimum absolute atomic E-state index is 0.131. The first-order chi connectivity index (χ1) is 14.5. The van der Waals surface area contributed by atoms with E-state index in [1.54, 1.807) is 16.7 Å². The maximum Gasteiger partial charge on any atom is 0.337 e. The Kier molecular flexibility index (Phi) is 5.74. The van der Waals surface area contributed by atoms with E-state index in [0.29, 0.717) is 18.5 Å². The van der Waals surface area contributed by atoms with Gasteiger partial charge < -0.3 is 20.1 Å². The zero-order valence-electron chi connectivity index (χ0n) is 17.2. The molecule has 7 heteroatoms. The number of aromatic amines is 1. The molecule has 1 aliphatic heterocycles. The molecule has 0 saturated carbocycles. The molecule has 2 heterocycles. The van der Waals surface area contributed by atoms with Gasteiger partial charge in [0.1, 0.15) is 0 Å². The van der Waals surface area contributed by atoms with Crippen LogP contribution in [0.3, 0.4) is 0 Å². The second-order valence-corrected chi connectivity index (χ2v) is 7.96. The van der Waals surface area contributed by atoms with Crippen LogP contribution in [0.25, 0.3) is 11.0 Å². The summed E-state index contributed by atoms with van der Waals surface area (Å²) in [7, 11) is 1.37. The Balaban J connectivity index is 1.40. The molecule has 0 saturated heterocycles. The zero-order valence-corrected chi connectivity index (χ0v) is 17.2. The molecule has 158 valence electrons. The largest absolute Gasteiger partial charge is 0.465 e. The molecule has 3 aromatic rings. The van der Waals surface area contributed by atoms with Crippen LogP contribution >= 0.6 is 0 Å². The summed E-state index contributed by atoms with van der Waals surface area (Å²) in [5.41, 5.74) is 3.91. The average molecular weight is 409 g/mol. The lowest BCUT2D eigenvalue weighted by atomic mass is 9.98. The number of hydrogen-bond donors (Lipinski definition) is 3. The predicted octanol–water partition coefficient (Wildman–Crippen LogP) is 2.53. The van der Waals surface area contributed by atoms with E-state index in [1.807, 2.05) is 30.3 Å². The van der Waals surface area contributed by atoms with Gasteiger partial charge in [-0.05, 0) is 49.9 Å². The molecule has 0 unspecified atom stereocenters. The number of imidazole rings is 1. The molecule has 3 N–H and O–H groups in total. The van der Waals surface area contributed by atoms with Crippen molar-refractivity contribution in [3.05, 3.63) is 69.6 Å². The molecule has 0 amide bonds. The molecule has 30 heavy (non-hydrogen) atoms. The number of carbonyl (C=O) groups is 1. The van der Waals surface area contributed by atoms with Gasteiger partial charge in [-0.15, -0.1) is 0 Å². The highest BCUT2D eigenvalue weighted by atomic mass is 16.5. The number of nitrogens with zero attached hydrogens (tertiary/aromatic N) is 1. The summed E-state index contributed by atoms with van der Waals surface area (Å²) in [6.45, 7) is 2.67. The number of aliphatic hydroxyl groups is 1. The topological polar surface area (TPSA) is 96.4 Å². The number of rotatable bonds is 6. The van der Waals surface area contributed by atoms with E-state index in [0.717, 1.165) is 35.0 Å². The van der Waals surface area contributed by atoms with Gasteiger partial charge in [-0.3, -0.25) is 4.57 Å². The number of hydrogen-bond acceptors (Lipinski definition) is 5. The maximum absolute atomic E-state index is 12.3. The fraction of sp³-hybridized carbons (Fsp3) is 0.391. The molecular weight excluding hydrogens is 382 g/mol. The Bertz CT molecular complexity index is 1100. The molecule has 2 aromatic carbocycles. The summed E-state index contributed by atoms with van der Waals surface area (Å²) < 4.78 is 6.45. The van der Waals surface area contributed by atoms with Crippen LogP contribution < -0.4 is 11.0 Å². The maximum atomic E-state index is 12.3. The van der Waals surface area contributed by atoms with Crippen LogP contribution in [0.1, 0.15) is 47.4 Å². The Hall–Kier alpha value is -2.90. The van der Waals surface area contributed by atoms with Crippen LogP contribution in [0.2, 0.25) is 0 Å². The van der Waals surface area contributed by atoms with Crippen LogP contribution in [0.4, 0.5) is 0 Å². The van der Waals surface area contributed by atoms with Gasteiger partial charge in [0.15, 0.2) is 0 Å². The molecular formula is C23H27N3O4. The average Bonchev–Trinajstić information content (AvgIpc) is 3.01. The minimum Gasteiger partial charge on any atom is -0.465 e. The molecule has 1 aliphatic rings. The van der Waals surface area contributed by atoms with Crippen molar-refractivity contribution in [1.29, 1.82) is 0 Å². The number of H-pyrrole nitrogens is 1. The SMILES string of the molecule is COC(=O)c1ccc(CC[C@@H](C)N[C@@H]2CCn3c(=O)[nH]c4cccc(c43)[C@H]2O)cc1. The van der Waals surface area contributed by atoms with Crippen molar-refractivity contribution >= 4 is 17.0 Å². The number of aromatic nitrogens is 2. The third-order valence-electron chi connectivity index (χ3n) is 5.93. The van der Waals surface area contributed by atoms with E-state index < -0.39 is 6.10 Å². The number of nitrogens with one attached hydrogen (secondary N) is 2. The van der Waals surface area contributed by atoms with Crippen LogP contribution in [0.5, 0.6) is 0 Å². The summed E-state index contributed by atoms with van der Waals surface area (Å²) in [6.07, 6.45) is 1.73. The standard InChI is InChI=1S/C23H27N3O4/c1-14(6-7-15-8-10-16(11-9-15)22(28)30-2)24-19-12-13-26-20-17(21(19)27)4-3-5-18(20)25-23(26)29/h3-5,8-11,14,19,21,24,27H,6-7,12-13H2,1-2H3,(H,25,29)/t14-,19-,21-/m1/s1. The van der Waals surface area contributed by atoms with Gasteiger partial charge in [-0.1, -0.05) is 24.3 Å². The number of aliphatic hydroxyl groups excluding tert-OH is 1. The molecule has 0 fully saturated rings. The molecule has 4 rings (SSSR count). The molecule has 0 aliphatic carbocycles. The van der Waals surface area contributed by atoms with Gasteiger partial charge in [0.2, 0.25) is 0 Å². The zero-order chi connectivity index (χ0) is 21.3. The molecule has 3 atom stereocenters. The van der Waals surface area contributed by atoms with E-state index in [-0.39, 0.29) is 23.7 Å². The van der Waals surface area contributed by atoms with Gasteiger partial charge in [0, 0.05) is 24.2 Å². The van der Waals surface area contributed by atoms with Gasteiger partial charge in [0.05, 0.1) is 29.8 Å². The summed E-state index contributed by atoms with van der Waals surface area (Å²) >= 11 is 0. The summed E-state index contributed by atoms with van der Waals surface area (Å²) in [6, 6.07) is 13.1. The van der Waals surface area contributed by atoms with Gasteiger partial charge in [0.25, 0.3) is 0 Å². The summed E-state index contributed by atoms with van der Waals surface area (Å²) in [5, 5.41) is 14.6. The second kappa shape index (κ2) is 8.45. The molecule has 0 spiro atoms. The highest BCUT2D eigenvalue weighted by Crippen LogP contribution is 2.30. The van der Waals surface area contributed by atoms with E-state index in [2.05, 4.69) is 17.2 Å². The van der Waals surface area contributed by atoms with Crippen molar-refractivity contribution in [2.75, 3.05) is 7.11 Å². The highest BCUT2D eigenvalue weighted by molar-refractivity contribution is 5.89. The molecule has 0 bridgehead atoms. The molecule has 1 aromatic heterocycles. The van der Waals surface area contributed by atoms with Crippen LogP contribution in [-0.4, -0.2) is 39.8 Å². The number of ether oxygens (including phenoxy) is 1. The Morgan fingerprint density at radius 1 is 1.30 bits per heavy atom. The van der Waals surface area contributed by atoms with E-state index in [9.17, 15) is 14.7 Å². The molecule has 7 nitrogen and oxygen atoms in total. The van der Waals surface area contributed by atoms with Crippen molar-refractivity contribution in [2.24, 2.45) is 0 Å². The lowest BCUT2D eigenvalue weighted by molar-refractivity contribution is 0.0600. The number of esters is 1. The first-order valence-corrected chi connectivity index (χ1v) is 10.3. The lowest BCUT2D eigenvalue weighted by Gasteiger charge is -2.26. The first kappa shape index (κ1) is 20.4. The van der Waals surface area contributed by atoms with E-state index >= 15 is 0 Å². The Labute approximate surface area is 174 Å². The number of benzene rings is 2. The smallest absolute Gasteiger partial charge is 0.337 e. The monoisotopic (exact) mass is 409 g/mol. The number of carbonyl (C=O) groups excluding carboxylic acids is 1. The fourth-order valence-electron chi connectivity index (χ4n) is 4.27. The van der Waals surface area contributed by atoms with Crippen LogP contribution in [-0.2, 0) is 17.7 Å². The summed E-state index contributed by atoms with van der Waals surface area (Å²) in [4.78, 5) is 26.7. The Morgan fingerprint density at radius 3 is 2.80 bits per heavy atom. The van der Waals surface area contributed by atoms with Crippen LogP contribution in [0, 0.1) is 0 Å². The van der Waals surface area contributed by atoms with Gasteiger partial charge in [-0.25, -0.2) is 9.59 Å². The number of aryl methyl sites for hydroxylation is 2. The number of methoxy groups -OCH3 is 1. The quantitative estimate of drug-likeness (QED) is 0.544. The normalized spacial score (nSPS) is 19.4. The van der Waals surface area contributed by atoms with Crippen molar-refractivity contribution in [3.8, 4) is 0 Å². The van der Waals surface area contributed by atoms with Crippen molar-refractivity contribution in [1.82, 2.24) is 14.9 Å². The highest BCUT2D eigenvalue weighted by Gasteiger charge is 2.29. The lowest BCUT2D eigenvalue weighted by Crippen LogP contribution is -2.41. The van der Waals surface area contributed by atoms with Crippen molar-refractivity contribution < 1.29 is 14.6 Å². The van der Waals surface area contributed by atoms with Crippen molar-refractivity contribution in [3.63, 3.8) is 0 Å². The van der Waals surface area contributed by atoms with Gasteiger partial charge >= 0.3 is 11.7 Å². The minimum atomic E-state index is -0.681. The third-order valence-corrected chi connectivity index (χ3v) is 5.93. The van der Waals surface area contributed by atoms with Gasteiger partial charge in [-0.2, -0.15) is 0 Å². The summed E-state index contributed by atoms with van der Waals surface area (Å²) in [5.74, 6) is -0.335. The van der Waals surface area contributed by atoms with E-state index in [1.165, 1.54) is 7.11 Å². The number of para-hydroxylation sites is 1.